The number of phenolic OH excluding ortho intramolecular Hbond substituents is 1. The molecule has 4 amide bonds. The van der Waals surface area contributed by atoms with Crippen LogP contribution in [0.1, 0.15) is 32.3 Å². The molecule has 1 aromatic rings. The van der Waals surface area contributed by atoms with Gasteiger partial charge in [-0.2, -0.15) is 0 Å². The zero-order chi connectivity index (χ0) is 26.7. The van der Waals surface area contributed by atoms with Crippen LogP contribution >= 0.6 is 0 Å². The lowest BCUT2D eigenvalue weighted by Gasteiger charge is -2.27. The number of aliphatic carboxylic acids is 1. The maximum Gasteiger partial charge on any atom is 0.328 e. The molecule has 13 heteroatoms. The van der Waals surface area contributed by atoms with E-state index < -0.39 is 66.3 Å². The van der Waals surface area contributed by atoms with Gasteiger partial charge >= 0.3 is 5.97 Å². The molecule has 0 aliphatic rings. The fraction of sp³-hybridized carbons (Fsp3) is 0.500. The summed E-state index contributed by atoms with van der Waals surface area (Å²) in [6.45, 7) is 2.39. The van der Waals surface area contributed by atoms with Gasteiger partial charge in [0.25, 0.3) is 0 Å². The number of nitrogens with two attached hydrogens (primary N) is 2. The summed E-state index contributed by atoms with van der Waals surface area (Å²) in [5.41, 5.74) is 11.4. The summed E-state index contributed by atoms with van der Waals surface area (Å²) in [4.78, 5) is 60.4. The standard InChI is InChI=1S/C22H33N5O8/c1-11(2)18(21(33)26-16(10-28)22(34)35)27-20(32)15(9-12-3-5-13(29)6-4-12)25-19(31)14(23)7-8-17(24)30/h3-6,11,14-16,18,28-29H,7-10,23H2,1-2H3,(H2,24,30)(H,25,31)(H,26,33)(H,27,32)(H,34,35). The number of amides is 4. The van der Waals surface area contributed by atoms with Crippen molar-refractivity contribution in [3.05, 3.63) is 29.8 Å². The Kier molecular flexibility index (Phi) is 11.6. The van der Waals surface area contributed by atoms with E-state index in [-0.39, 0.29) is 25.0 Å². The maximum absolute atomic E-state index is 13.1. The Morgan fingerprint density at radius 2 is 1.49 bits per heavy atom. The number of carbonyl (C=O) groups is 5. The Morgan fingerprint density at radius 3 is 1.97 bits per heavy atom. The van der Waals surface area contributed by atoms with E-state index in [0.717, 1.165) is 0 Å². The largest absolute Gasteiger partial charge is 0.508 e. The summed E-state index contributed by atoms with van der Waals surface area (Å²) in [6, 6.07) is 0.818. The molecule has 0 radical (unpaired) electrons. The molecule has 1 rings (SSSR count). The second-order valence-corrected chi connectivity index (χ2v) is 8.36. The maximum atomic E-state index is 13.1. The van der Waals surface area contributed by atoms with Crippen LogP contribution in [-0.4, -0.2) is 75.7 Å². The summed E-state index contributed by atoms with van der Waals surface area (Å²) < 4.78 is 0. The topological polar surface area (TPSA) is 234 Å². The molecule has 1 aromatic carbocycles. The Labute approximate surface area is 202 Å². The van der Waals surface area contributed by atoms with Crippen LogP contribution < -0.4 is 27.4 Å². The first-order valence-electron chi connectivity index (χ1n) is 10.9. The van der Waals surface area contributed by atoms with E-state index in [2.05, 4.69) is 16.0 Å². The van der Waals surface area contributed by atoms with Crippen molar-refractivity contribution < 1.29 is 39.3 Å². The monoisotopic (exact) mass is 495 g/mol. The second kappa shape index (κ2) is 13.9. The number of hydrogen-bond acceptors (Lipinski definition) is 8. The van der Waals surface area contributed by atoms with Crippen LogP contribution in [-0.2, 0) is 30.4 Å². The van der Waals surface area contributed by atoms with Crippen LogP contribution in [0.25, 0.3) is 0 Å². The fourth-order valence-corrected chi connectivity index (χ4v) is 3.02. The molecule has 0 bridgehead atoms. The summed E-state index contributed by atoms with van der Waals surface area (Å²) >= 11 is 0. The van der Waals surface area contributed by atoms with Crippen LogP contribution in [0.5, 0.6) is 5.75 Å². The number of aliphatic hydroxyl groups is 1. The Morgan fingerprint density at radius 1 is 0.914 bits per heavy atom. The van der Waals surface area contributed by atoms with E-state index in [0.29, 0.717) is 5.56 Å². The molecule has 4 unspecified atom stereocenters. The zero-order valence-corrected chi connectivity index (χ0v) is 19.6. The van der Waals surface area contributed by atoms with Crippen LogP contribution in [0.3, 0.4) is 0 Å². The summed E-state index contributed by atoms with van der Waals surface area (Å²) in [5, 5.41) is 34.9. The molecule has 0 heterocycles. The second-order valence-electron chi connectivity index (χ2n) is 8.36. The first-order chi connectivity index (χ1) is 16.3. The number of carbonyl (C=O) groups excluding carboxylic acids is 4. The minimum absolute atomic E-state index is 0.000622. The highest BCUT2D eigenvalue weighted by molar-refractivity contribution is 5.94. The smallest absolute Gasteiger partial charge is 0.328 e. The van der Waals surface area contributed by atoms with E-state index in [4.69, 9.17) is 21.7 Å². The molecule has 13 nitrogen and oxygen atoms in total. The van der Waals surface area contributed by atoms with Crippen molar-refractivity contribution >= 4 is 29.6 Å². The van der Waals surface area contributed by atoms with E-state index in [9.17, 15) is 29.1 Å². The molecule has 0 aliphatic heterocycles. The third kappa shape index (κ3) is 9.98. The molecule has 10 N–H and O–H groups in total. The van der Waals surface area contributed by atoms with Crippen molar-refractivity contribution in [2.45, 2.75) is 57.3 Å². The van der Waals surface area contributed by atoms with Gasteiger partial charge in [-0.3, -0.25) is 19.2 Å². The van der Waals surface area contributed by atoms with Crippen molar-refractivity contribution in [2.75, 3.05) is 6.61 Å². The number of benzene rings is 1. The lowest BCUT2D eigenvalue weighted by molar-refractivity contribution is -0.143. The number of nitrogens with one attached hydrogen (secondary N) is 3. The zero-order valence-electron chi connectivity index (χ0n) is 19.6. The van der Waals surface area contributed by atoms with Gasteiger partial charge in [-0.25, -0.2) is 4.79 Å². The molecule has 35 heavy (non-hydrogen) atoms. The summed E-state index contributed by atoms with van der Waals surface area (Å²) in [5.74, 6) is -4.87. The predicted octanol–water partition coefficient (Wildman–Crippen LogP) is -2.29. The highest BCUT2D eigenvalue weighted by Crippen LogP contribution is 2.12. The van der Waals surface area contributed by atoms with Gasteiger partial charge in [0.15, 0.2) is 0 Å². The van der Waals surface area contributed by atoms with Crippen molar-refractivity contribution in [1.29, 1.82) is 0 Å². The molecule has 4 atom stereocenters. The van der Waals surface area contributed by atoms with Gasteiger partial charge in [0, 0.05) is 12.8 Å². The molecule has 0 fully saturated rings. The lowest BCUT2D eigenvalue weighted by Crippen LogP contribution is -2.59. The molecule has 0 aliphatic carbocycles. The number of primary amides is 1. The first kappa shape index (κ1) is 29.3. The van der Waals surface area contributed by atoms with E-state index in [1.165, 1.54) is 12.1 Å². The Hall–Kier alpha value is -3.71. The van der Waals surface area contributed by atoms with Crippen LogP contribution in [0, 0.1) is 5.92 Å². The lowest BCUT2D eigenvalue weighted by atomic mass is 10.00. The molecule has 194 valence electrons. The molecule has 0 aromatic heterocycles. The summed E-state index contributed by atoms with van der Waals surface area (Å²) in [6.07, 6.45) is -0.195. The minimum Gasteiger partial charge on any atom is -0.508 e. The quantitative estimate of drug-likeness (QED) is 0.138. The van der Waals surface area contributed by atoms with Crippen molar-refractivity contribution in [3.8, 4) is 5.75 Å². The molecule has 0 saturated carbocycles. The molecular formula is C22H33N5O8. The van der Waals surface area contributed by atoms with Gasteiger partial charge in [0.2, 0.25) is 23.6 Å². The molecule has 0 saturated heterocycles. The predicted molar refractivity (Wildman–Crippen MR) is 124 cm³/mol. The average Bonchev–Trinajstić information content (AvgIpc) is 2.79. The van der Waals surface area contributed by atoms with Crippen LogP contribution in [0.2, 0.25) is 0 Å². The number of hydrogen-bond donors (Lipinski definition) is 8. The van der Waals surface area contributed by atoms with Crippen LogP contribution in [0.4, 0.5) is 0 Å². The number of phenols is 1. The highest BCUT2D eigenvalue weighted by atomic mass is 16.4. The van der Waals surface area contributed by atoms with Gasteiger partial charge in [-0.15, -0.1) is 0 Å². The van der Waals surface area contributed by atoms with Crippen molar-refractivity contribution in [3.63, 3.8) is 0 Å². The summed E-state index contributed by atoms with van der Waals surface area (Å²) in [7, 11) is 0. The number of carboxylic acids is 1. The van der Waals surface area contributed by atoms with Gasteiger partial charge in [0.05, 0.1) is 12.6 Å². The van der Waals surface area contributed by atoms with Gasteiger partial charge < -0.3 is 42.7 Å². The third-order valence-corrected chi connectivity index (χ3v) is 5.09. The van der Waals surface area contributed by atoms with Gasteiger partial charge in [-0.1, -0.05) is 26.0 Å². The van der Waals surface area contributed by atoms with Crippen molar-refractivity contribution in [2.24, 2.45) is 17.4 Å². The van der Waals surface area contributed by atoms with E-state index in [1.807, 2.05) is 0 Å². The SMILES string of the molecule is CC(C)C(NC(=O)C(Cc1ccc(O)cc1)NC(=O)C(N)CCC(N)=O)C(=O)NC(CO)C(=O)O. The number of carboxylic acid groups (broad SMARTS) is 1. The molecule has 0 spiro atoms. The normalized spacial score (nSPS) is 14.3. The number of aliphatic hydroxyl groups excluding tert-OH is 1. The fourth-order valence-electron chi connectivity index (χ4n) is 3.02. The van der Waals surface area contributed by atoms with E-state index >= 15 is 0 Å². The third-order valence-electron chi connectivity index (χ3n) is 5.09. The Balaban J connectivity index is 3.07. The van der Waals surface area contributed by atoms with Gasteiger partial charge in [-0.05, 0) is 30.0 Å². The first-order valence-corrected chi connectivity index (χ1v) is 10.9. The van der Waals surface area contributed by atoms with Crippen LogP contribution in [0.15, 0.2) is 24.3 Å². The highest BCUT2D eigenvalue weighted by Gasteiger charge is 2.32. The number of rotatable bonds is 14. The minimum atomic E-state index is -1.56. The van der Waals surface area contributed by atoms with Gasteiger partial charge in [0.1, 0.15) is 23.9 Å². The van der Waals surface area contributed by atoms with Crippen molar-refractivity contribution in [1.82, 2.24) is 16.0 Å². The molecular weight excluding hydrogens is 462 g/mol. The number of aromatic hydroxyl groups is 1. The Bertz CT molecular complexity index is 906. The van der Waals surface area contributed by atoms with E-state index in [1.54, 1.807) is 26.0 Å². The average molecular weight is 496 g/mol.